The number of para-hydroxylation sites is 3. The summed E-state index contributed by atoms with van der Waals surface area (Å²) in [5, 5.41) is 4.82. The standard InChI is InChI=1S/C44H28N2OS/c1-3-11-31(12-4-1)45(34-24-26-40-38(28-34)35-15-7-9-17-39(35)46(40)32-13-5-2-6-14-32)33-22-19-29(20-23-33)30-21-25-36-41(27-30)47-43-37-16-8-10-18-42(37)48-44(36)43/h1-28H. The first-order valence-electron chi connectivity index (χ1n) is 16.2. The van der Waals surface area contributed by atoms with Gasteiger partial charge in [0.05, 0.1) is 15.7 Å². The van der Waals surface area contributed by atoms with Crippen molar-refractivity contribution in [3.63, 3.8) is 0 Å². The summed E-state index contributed by atoms with van der Waals surface area (Å²) >= 11 is 1.80. The minimum absolute atomic E-state index is 0.928. The van der Waals surface area contributed by atoms with Gasteiger partial charge in [-0.3, -0.25) is 0 Å². The Hall–Kier alpha value is -6.10. The summed E-state index contributed by atoms with van der Waals surface area (Å²) in [6.07, 6.45) is 0. The fraction of sp³-hybridized carbons (Fsp3) is 0. The number of thiophene rings is 1. The Morgan fingerprint density at radius 1 is 0.458 bits per heavy atom. The normalized spacial score (nSPS) is 11.8. The van der Waals surface area contributed by atoms with Crippen LogP contribution in [0.1, 0.15) is 0 Å². The predicted octanol–water partition coefficient (Wildman–Crippen LogP) is 13.0. The molecule has 0 aliphatic heterocycles. The summed E-state index contributed by atoms with van der Waals surface area (Å²) in [6.45, 7) is 0. The molecule has 0 N–H and O–H groups in total. The third-order valence-corrected chi connectivity index (χ3v) is 10.6. The third-order valence-electron chi connectivity index (χ3n) is 9.39. The van der Waals surface area contributed by atoms with Gasteiger partial charge in [0.2, 0.25) is 0 Å². The van der Waals surface area contributed by atoms with E-state index in [4.69, 9.17) is 4.42 Å². The largest absolute Gasteiger partial charge is 0.454 e. The van der Waals surface area contributed by atoms with Gasteiger partial charge in [0.1, 0.15) is 5.58 Å². The number of benzene rings is 7. The van der Waals surface area contributed by atoms with Crippen LogP contribution in [0.15, 0.2) is 174 Å². The molecule has 48 heavy (non-hydrogen) atoms. The predicted molar refractivity (Wildman–Crippen MR) is 204 cm³/mol. The molecule has 0 aliphatic rings. The monoisotopic (exact) mass is 632 g/mol. The van der Waals surface area contributed by atoms with Gasteiger partial charge < -0.3 is 13.9 Å². The van der Waals surface area contributed by atoms with Crippen molar-refractivity contribution in [2.24, 2.45) is 0 Å². The lowest BCUT2D eigenvalue weighted by molar-refractivity contribution is 0.673. The number of aromatic nitrogens is 1. The Bertz CT molecular complexity index is 2770. The summed E-state index contributed by atoms with van der Waals surface area (Å²) in [5.41, 5.74) is 11.1. The van der Waals surface area contributed by atoms with Gasteiger partial charge in [-0.2, -0.15) is 0 Å². The number of furan rings is 1. The van der Waals surface area contributed by atoms with Gasteiger partial charge in [-0.25, -0.2) is 0 Å². The van der Waals surface area contributed by atoms with Crippen LogP contribution in [0.2, 0.25) is 0 Å². The van der Waals surface area contributed by atoms with Crippen LogP contribution < -0.4 is 4.90 Å². The van der Waals surface area contributed by atoms with Crippen molar-refractivity contribution in [1.82, 2.24) is 4.57 Å². The summed E-state index contributed by atoms with van der Waals surface area (Å²) in [4.78, 5) is 2.34. The van der Waals surface area contributed by atoms with E-state index in [1.54, 1.807) is 11.3 Å². The van der Waals surface area contributed by atoms with E-state index in [-0.39, 0.29) is 0 Å². The average Bonchev–Trinajstić information content (AvgIpc) is 3.80. The van der Waals surface area contributed by atoms with Crippen LogP contribution in [-0.4, -0.2) is 4.57 Å². The molecule has 3 nitrogen and oxygen atoms in total. The minimum Gasteiger partial charge on any atom is -0.454 e. The number of hydrogen-bond acceptors (Lipinski definition) is 3. The Morgan fingerprint density at radius 3 is 1.94 bits per heavy atom. The van der Waals surface area contributed by atoms with Crippen molar-refractivity contribution in [2.45, 2.75) is 0 Å². The lowest BCUT2D eigenvalue weighted by Crippen LogP contribution is -2.09. The van der Waals surface area contributed by atoms with Gasteiger partial charge in [-0.05, 0) is 96.1 Å². The van der Waals surface area contributed by atoms with Crippen LogP contribution in [0.25, 0.3) is 70.0 Å². The van der Waals surface area contributed by atoms with E-state index in [0.29, 0.717) is 0 Å². The first-order chi connectivity index (χ1) is 23.8. The van der Waals surface area contributed by atoms with Gasteiger partial charge in [0, 0.05) is 49.0 Å². The van der Waals surface area contributed by atoms with E-state index < -0.39 is 0 Å². The van der Waals surface area contributed by atoms with Gasteiger partial charge in [0.25, 0.3) is 0 Å². The molecule has 0 atom stereocenters. The lowest BCUT2D eigenvalue weighted by Gasteiger charge is -2.26. The fourth-order valence-corrected chi connectivity index (χ4v) is 8.33. The maximum atomic E-state index is 6.44. The van der Waals surface area contributed by atoms with Gasteiger partial charge in [-0.1, -0.05) is 84.9 Å². The third kappa shape index (κ3) is 4.20. The highest BCUT2D eigenvalue weighted by Gasteiger charge is 2.18. The Balaban J connectivity index is 1.07. The highest BCUT2D eigenvalue weighted by molar-refractivity contribution is 7.26. The molecule has 10 aromatic rings. The summed E-state index contributed by atoms with van der Waals surface area (Å²) < 4.78 is 11.3. The number of hydrogen-bond donors (Lipinski definition) is 0. The van der Waals surface area contributed by atoms with Crippen LogP contribution in [0.5, 0.6) is 0 Å². The molecule has 4 heteroatoms. The molecule has 0 spiro atoms. The van der Waals surface area contributed by atoms with E-state index in [1.807, 2.05) is 0 Å². The fourth-order valence-electron chi connectivity index (χ4n) is 7.17. The molecule has 7 aromatic carbocycles. The molecule has 0 saturated heterocycles. The second-order valence-electron chi connectivity index (χ2n) is 12.2. The van der Waals surface area contributed by atoms with Gasteiger partial charge >= 0.3 is 0 Å². The smallest absolute Gasteiger partial charge is 0.154 e. The molecule has 226 valence electrons. The van der Waals surface area contributed by atoms with Gasteiger partial charge in [-0.15, -0.1) is 11.3 Å². The summed E-state index contributed by atoms with van der Waals surface area (Å²) in [5.74, 6) is 0. The zero-order valence-corrected chi connectivity index (χ0v) is 26.7. The molecule has 0 amide bonds. The highest BCUT2D eigenvalue weighted by Crippen LogP contribution is 2.43. The second kappa shape index (κ2) is 10.7. The van der Waals surface area contributed by atoms with Crippen molar-refractivity contribution < 1.29 is 4.42 Å². The Kier molecular flexibility index (Phi) is 6.05. The molecule has 0 radical (unpaired) electrons. The highest BCUT2D eigenvalue weighted by atomic mass is 32.1. The van der Waals surface area contributed by atoms with Crippen molar-refractivity contribution in [3.05, 3.63) is 170 Å². The van der Waals surface area contributed by atoms with E-state index >= 15 is 0 Å². The number of anilines is 3. The van der Waals surface area contributed by atoms with E-state index in [9.17, 15) is 0 Å². The summed E-state index contributed by atoms with van der Waals surface area (Å²) in [7, 11) is 0. The topological polar surface area (TPSA) is 21.3 Å². The molecule has 0 saturated carbocycles. The van der Waals surface area contributed by atoms with E-state index in [1.165, 1.54) is 42.0 Å². The molecule has 3 aromatic heterocycles. The maximum Gasteiger partial charge on any atom is 0.154 e. The quantitative estimate of drug-likeness (QED) is 0.188. The summed E-state index contributed by atoms with van der Waals surface area (Å²) in [6, 6.07) is 60.7. The van der Waals surface area contributed by atoms with Crippen LogP contribution >= 0.6 is 11.3 Å². The lowest BCUT2D eigenvalue weighted by atomic mass is 10.0. The molecule has 10 rings (SSSR count). The zero-order valence-electron chi connectivity index (χ0n) is 25.9. The average molecular weight is 633 g/mol. The van der Waals surface area contributed by atoms with Crippen molar-refractivity contribution in [2.75, 3.05) is 4.90 Å². The first-order valence-corrected chi connectivity index (χ1v) is 17.0. The van der Waals surface area contributed by atoms with Crippen molar-refractivity contribution in [1.29, 1.82) is 0 Å². The van der Waals surface area contributed by atoms with Crippen LogP contribution in [0.4, 0.5) is 17.1 Å². The molecule has 0 bridgehead atoms. The molecular weight excluding hydrogens is 605 g/mol. The molecule has 0 aliphatic carbocycles. The molecule has 3 heterocycles. The van der Waals surface area contributed by atoms with Gasteiger partial charge in [0.15, 0.2) is 5.58 Å². The van der Waals surface area contributed by atoms with Crippen molar-refractivity contribution >= 4 is 81.5 Å². The SMILES string of the molecule is c1ccc(N(c2ccc(-c3ccc4c(c3)oc3c5ccccc5sc43)cc2)c2ccc3c(c2)c2ccccc2n3-c2ccccc2)cc1. The van der Waals surface area contributed by atoms with Crippen LogP contribution in [-0.2, 0) is 0 Å². The second-order valence-corrected chi connectivity index (χ2v) is 13.2. The number of nitrogens with zero attached hydrogens (tertiary/aromatic N) is 2. The molecular formula is C44H28N2OS. The number of fused-ring (bicyclic) bond motifs is 8. The number of rotatable bonds is 5. The van der Waals surface area contributed by atoms with E-state index in [2.05, 4.69) is 179 Å². The first kappa shape index (κ1) is 27.1. The van der Waals surface area contributed by atoms with Crippen molar-refractivity contribution in [3.8, 4) is 16.8 Å². The zero-order chi connectivity index (χ0) is 31.6. The molecule has 0 unspecified atom stereocenters. The van der Waals surface area contributed by atoms with Crippen LogP contribution in [0, 0.1) is 0 Å². The molecule has 0 fully saturated rings. The minimum atomic E-state index is 0.928. The van der Waals surface area contributed by atoms with Crippen LogP contribution in [0.3, 0.4) is 0 Å². The van der Waals surface area contributed by atoms with E-state index in [0.717, 1.165) is 45.0 Å². The Morgan fingerprint density at radius 2 is 1.10 bits per heavy atom. The maximum absolute atomic E-state index is 6.44. The Labute approximate surface area is 281 Å².